The molecule has 1 heterocycles. The van der Waals surface area contributed by atoms with Crippen LogP contribution < -0.4 is 5.32 Å². The van der Waals surface area contributed by atoms with Crippen LogP contribution in [-0.4, -0.2) is 13.1 Å². The van der Waals surface area contributed by atoms with Gasteiger partial charge in [0.05, 0.1) is 0 Å². The minimum absolute atomic E-state index is 0.151. The zero-order valence-corrected chi connectivity index (χ0v) is 11.6. The number of benzene rings is 1. The minimum atomic E-state index is -0.151. The van der Waals surface area contributed by atoms with E-state index in [2.05, 4.69) is 22.8 Å². The van der Waals surface area contributed by atoms with Gasteiger partial charge in [0.15, 0.2) is 0 Å². The maximum Gasteiger partial charge on any atom is 0.123 e. The second-order valence-corrected chi connectivity index (χ2v) is 5.58. The molecule has 2 rings (SSSR count). The topological polar surface area (TPSA) is 12.0 Å². The SMILES string of the molecule is CNC(Cc1cccs1)Cc1cc(F)ccc1C. The summed E-state index contributed by atoms with van der Waals surface area (Å²) in [5, 5.41) is 5.41. The zero-order valence-electron chi connectivity index (χ0n) is 10.7. The molecule has 1 aromatic carbocycles. The Balaban J connectivity index is 2.07. The average molecular weight is 263 g/mol. The maximum atomic E-state index is 13.3. The first-order valence-electron chi connectivity index (χ1n) is 6.13. The van der Waals surface area contributed by atoms with Gasteiger partial charge in [0.2, 0.25) is 0 Å². The molecule has 0 spiro atoms. The van der Waals surface area contributed by atoms with Crippen LogP contribution in [0.3, 0.4) is 0 Å². The van der Waals surface area contributed by atoms with Gasteiger partial charge in [-0.1, -0.05) is 12.1 Å². The lowest BCUT2D eigenvalue weighted by molar-refractivity contribution is 0.555. The number of hydrogen-bond donors (Lipinski definition) is 1. The molecule has 0 aliphatic rings. The van der Waals surface area contributed by atoms with E-state index < -0.39 is 0 Å². The molecule has 96 valence electrons. The standard InChI is InChI=1S/C15H18FNS/c1-11-5-6-13(16)8-12(11)9-14(17-2)10-15-4-3-7-18-15/h3-8,14,17H,9-10H2,1-2H3. The van der Waals surface area contributed by atoms with Crippen LogP contribution in [0.25, 0.3) is 0 Å². The Morgan fingerprint density at radius 2 is 2.11 bits per heavy atom. The summed E-state index contributed by atoms with van der Waals surface area (Å²) in [7, 11) is 1.97. The van der Waals surface area contributed by atoms with Crippen LogP contribution in [0.5, 0.6) is 0 Å². The first-order valence-corrected chi connectivity index (χ1v) is 7.01. The molecule has 1 N–H and O–H groups in total. The molecule has 0 aliphatic heterocycles. The Morgan fingerprint density at radius 3 is 2.78 bits per heavy atom. The first kappa shape index (κ1) is 13.2. The van der Waals surface area contributed by atoms with E-state index in [0.717, 1.165) is 24.0 Å². The molecule has 0 fully saturated rings. The van der Waals surface area contributed by atoms with Crippen LogP contribution in [0.4, 0.5) is 4.39 Å². The van der Waals surface area contributed by atoms with Gasteiger partial charge in [0, 0.05) is 10.9 Å². The number of nitrogens with one attached hydrogen (secondary N) is 1. The van der Waals surface area contributed by atoms with Crippen molar-refractivity contribution in [2.75, 3.05) is 7.05 Å². The van der Waals surface area contributed by atoms with E-state index in [0.29, 0.717) is 6.04 Å². The zero-order chi connectivity index (χ0) is 13.0. The number of thiophene rings is 1. The quantitative estimate of drug-likeness (QED) is 0.869. The van der Waals surface area contributed by atoms with Crippen molar-refractivity contribution in [2.24, 2.45) is 0 Å². The van der Waals surface area contributed by atoms with Crippen molar-refractivity contribution in [1.29, 1.82) is 0 Å². The molecule has 1 aromatic heterocycles. The van der Waals surface area contributed by atoms with Crippen LogP contribution in [-0.2, 0) is 12.8 Å². The lowest BCUT2D eigenvalue weighted by Gasteiger charge is -2.17. The van der Waals surface area contributed by atoms with Gasteiger partial charge in [-0.15, -0.1) is 11.3 Å². The molecule has 0 saturated carbocycles. The molecule has 2 aromatic rings. The fourth-order valence-corrected chi connectivity index (χ4v) is 2.86. The molecule has 0 radical (unpaired) electrons. The lowest BCUT2D eigenvalue weighted by Crippen LogP contribution is -2.29. The monoisotopic (exact) mass is 263 g/mol. The third-order valence-electron chi connectivity index (χ3n) is 3.21. The van der Waals surface area contributed by atoms with Crippen molar-refractivity contribution in [3.05, 3.63) is 57.5 Å². The number of likely N-dealkylation sites (N-methyl/N-ethyl adjacent to an activating group) is 1. The van der Waals surface area contributed by atoms with Crippen molar-refractivity contribution in [3.8, 4) is 0 Å². The summed E-state index contributed by atoms with van der Waals surface area (Å²) >= 11 is 1.77. The molecular weight excluding hydrogens is 245 g/mol. The molecule has 3 heteroatoms. The van der Waals surface area contributed by atoms with Crippen LogP contribution >= 0.6 is 11.3 Å². The van der Waals surface area contributed by atoms with Crippen molar-refractivity contribution >= 4 is 11.3 Å². The van der Waals surface area contributed by atoms with Gasteiger partial charge < -0.3 is 5.32 Å². The van der Waals surface area contributed by atoms with Gasteiger partial charge in [0.25, 0.3) is 0 Å². The van der Waals surface area contributed by atoms with Gasteiger partial charge >= 0.3 is 0 Å². The molecule has 1 unspecified atom stereocenters. The summed E-state index contributed by atoms with van der Waals surface area (Å²) in [5.41, 5.74) is 2.24. The highest BCUT2D eigenvalue weighted by Crippen LogP contribution is 2.16. The van der Waals surface area contributed by atoms with Crippen molar-refractivity contribution in [2.45, 2.75) is 25.8 Å². The molecule has 1 nitrogen and oxygen atoms in total. The third kappa shape index (κ3) is 3.40. The Bertz CT molecular complexity index is 493. The highest BCUT2D eigenvalue weighted by atomic mass is 32.1. The minimum Gasteiger partial charge on any atom is -0.316 e. The smallest absolute Gasteiger partial charge is 0.123 e. The Kier molecular flexibility index (Phi) is 4.50. The Morgan fingerprint density at radius 1 is 1.28 bits per heavy atom. The van der Waals surface area contributed by atoms with E-state index in [1.165, 1.54) is 10.9 Å². The summed E-state index contributed by atoms with van der Waals surface area (Å²) in [4.78, 5) is 1.36. The Hall–Kier alpha value is -1.19. The van der Waals surface area contributed by atoms with Gasteiger partial charge in [-0.05, 0) is 61.5 Å². The first-order chi connectivity index (χ1) is 8.69. The molecular formula is C15H18FNS. The summed E-state index contributed by atoms with van der Waals surface area (Å²) in [6.07, 6.45) is 1.85. The number of rotatable bonds is 5. The van der Waals surface area contributed by atoms with E-state index in [-0.39, 0.29) is 5.82 Å². The summed E-state index contributed by atoms with van der Waals surface area (Å²) in [6, 6.07) is 9.58. The van der Waals surface area contributed by atoms with Crippen LogP contribution in [0.15, 0.2) is 35.7 Å². The third-order valence-corrected chi connectivity index (χ3v) is 4.11. The highest BCUT2D eigenvalue weighted by Gasteiger charge is 2.11. The van der Waals surface area contributed by atoms with Gasteiger partial charge in [-0.25, -0.2) is 4.39 Å². The molecule has 0 aliphatic carbocycles. The number of aryl methyl sites for hydroxylation is 1. The molecule has 0 saturated heterocycles. The highest BCUT2D eigenvalue weighted by molar-refractivity contribution is 7.09. The van der Waals surface area contributed by atoms with Crippen LogP contribution in [0, 0.1) is 12.7 Å². The van der Waals surface area contributed by atoms with E-state index in [9.17, 15) is 4.39 Å². The second-order valence-electron chi connectivity index (χ2n) is 4.54. The number of hydrogen-bond acceptors (Lipinski definition) is 2. The van der Waals surface area contributed by atoms with E-state index in [1.54, 1.807) is 17.4 Å². The van der Waals surface area contributed by atoms with Crippen molar-refractivity contribution in [3.63, 3.8) is 0 Å². The van der Waals surface area contributed by atoms with Gasteiger partial charge in [-0.2, -0.15) is 0 Å². The summed E-state index contributed by atoms with van der Waals surface area (Å²) in [6.45, 7) is 2.03. The average Bonchev–Trinajstić information content (AvgIpc) is 2.85. The molecule has 18 heavy (non-hydrogen) atoms. The molecule has 0 amide bonds. The van der Waals surface area contributed by atoms with Crippen LogP contribution in [0.2, 0.25) is 0 Å². The van der Waals surface area contributed by atoms with Crippen LogP contribution in [0.1, 0.15) is 16.0 Å². The molecule has 0 bridgehead atoms. The maximum absolute atomic E-state index is 13.3. The van der Waals surface area contributed by atoms with Gasteiger partial charge in [-0.3, -0.25) is 0 Å². The lowest BCUT2D eigenvalue weighted by atomic mass is 9.99. The van der Waals surface area contributed by atoms with Gasteiger partial charge in [0.1, 0.15) is 5.82 Å². The fraction of sp³-hybridized carbons (Fsp3) is 0.333. The predicted molar refractivity (Wildman–Crippen MR) is 75.7 cm³/mol. The van der Waals surface area contributed by atoms with Crippen molar-refractivity contribution in [1.82, 2.24) is 5.32 Å². The normalized spacial score (nSPS) is 12.6. The summed E-state index contributed by atoms with van der Waals surface area (Å²) < 4.78 is 13.3. The van der Waals surface area contributed by atoms with Crippen molar-refractivity contribution < 1.29 is 4.39 Å². The molecule has 1 atom stereocenters. The van der Waals surface area contributed by atoms with E-state index in [4.69, 9.17) is 0 Å². The van der Waals surface area contributed by atoms with E-state index >= 15 is 0 Å². The largest absolute Gasteiger partial charge is 0.316 e. The number of halogens is 1. The second kappa shape index (κ2) is 6.12. The summed E-state index contributed by atoms with van der Waals surface area (Å²) in [5.74, 6) is -0.151. The predicted octanol–water partition coefficient (Wildman–Crippen LogP) is 3.57. The van der Waals surface area contributed by atoms with E-state index in [1.807, 2.05) is 20.0 Å². The fourth-order valence-electron chi connectivity index (χ4n) is 2.07. The Labute approximate surface area is 112 Å².